The van der Waals surface area contributed by atoms with Crippen LogP contribution >= 0.6 is 15.9 Å². The first-order valence-corrected chi connectivity index (χ1v) is 15.5. The number of nitrogens with two attached hydrogens (primary N) is 1. The van der Waals surface area contributed by atoms with Crippen molar-refractivity contribution in [3.8, 4) is 0 Å². The number of rotatable bonds is 12. The van der Waals surface area contributed by atoms with E-state index in [-0.39, 0.29) is 17.2 Å². The minimum atomic E-state index is -3.90. The number of sulfonamides is 2. The molecule has 0 bridgehead atoms. The van der Waals surface area contributed by atoms with E-state index in [1.165, 1.54) is 20.7 Å². The lowest BCUT2D eigenvalue weighted by molar-refractivity contribution is 0.422. The van der Waals surface area contributed by atoms with E-state index in [1.54, 1.807) is 24.3 Å². The fraction of sp³-hybridized carbons (Fsp3) is 0.308. The highest BCUT2D eigenvalue weighted by Crippen LogP contribution is 2.29. The molecule has 0 spiro atoms. The Morgan fingerprint density at radius 1 is 0.889 bits per heavy atom. The first-order valence-electron chi connectivity index (χ1n) is 11.7. The average Bonchev–Trinajstić information content (AvgIpc) is 2.84. The summed E-state index contributed by atoms with van der Waals surface area (Å²) in [5, 5.41) is 0. The predicted octanol–water partition coefficient (Wildman–Crippen LogP) is 5.17. The van der Waals surface area contributed by atoms with Crippen LogP contribution < -0.4 is 10.0 Å². The number of anilines is 2. The third-order valence-electron chi connectivity index (χ3n) is 5.81. The van der Waals surface area contributed by atoms with Gasteiger partial charge >= 0.3 is 0 Å². The van der Waals surface area contributed by atoms with E-state index in [0.717, 1.165) is 11.1 Å². The summed E-state index contributed by atoms with van der Waals surface area (Å²) in [6, 6.07) is 21.2. The molecule has 0 aliphatic rings. The van der Waals surface area contributed by atoms with Gasteiger partial charge in [0.15, 0.2) is 0 Å². The van der Waals surface area contributed by atoms with Gasteiger partial charge in [-0.3, -0.25) is 4.31 Å². The number of halogens is 1. The quantitative estimate of drug-likeness (QED) is 0.231. The van der Waals surface area contributed by atoms with Crippen LogP contribution in [0.4, 0.5) is 11.4 Å². The number of hydrogen-bond donors (Lipinski definition) is 1. The number of benzene rings is 3. The van der Waals surface area contributed by atoms with Gasteiger partial charge in [0.1, 0.15) is 0 Å². The Balaban J connectivity index is 1.75. The molecule has 0 saturated heterocycles. The maximum atomic E-state index is 13.6. The molecule has 36 heavy (non-hydrogen) atoms. The molecule has 3 rings (SSSR count). The van der Waals surface area contributed by atoms with Crippen LogP contribution in [0.5, 0.6) is 0 Å². The van der Waals surface area contributed by atoms with Gasteiger partial charge in [-0.2, -0.15) is 4.31 Å². The van der Waals surface area contributed by atoms with Crippen LogP contribution in [0.1, 0.15) is 30.9 Å². The summed E-state index contributed by atoms with van der Waals surface area (Å²) in [5.74, 6) is -0.0528. The molecule has 0 unspecified atom stereocenters. The molecule has 0 aliphatic carbocycles. The smallest absolute Gasteiger partial charge is 0.264 e. The van der Waals surface area contributed by atoms with Crippen molar-refractivity contribution in [3.05, 3.63) is 88.4 Å². The Morgan fingerprint density at radius 3 is 2.25 bits per heavy atom. The van der Waals surface area contributed by atoms with Crippen LogP contribution in [0.15, 0.2) is 82.2 Å². The summed E-state index contributed by atoms with van der Waals surface area (Å²) in [4.78, 5) is 0.109. The Morgan fingerprint density at radius 2 is 1.61 bits per heavy atom. The van der Waals surface area contributed by atoms with Crippen molar-refractivity contribution < 1.29 is 16.8 Å². The standard InChI is InChI=1S/C26H32BrN3O4S2/c1-3-29(20-22-11-5-4-6-12-22)35(31,32)17-8-7-16-30(23-13-9-10-21(2)18-23)36(33,34)24-14-15-26(28)25(27)19-24/h4-6,9-15,18-19H,3,7-8,16-17,20,28H2,1-2H3. The number of nitrogen functional groups attached to an aromatic ring is 1. The fourth-order valence-corrected chi connectivity index (χ4v) is 7.45. The molecule has 2 N–H and O–H groups in total. The molecule has 0 aliphatic heterocycles. The lowest BCUT2D eigenvalue weighted by atomic mass is 10.2. The Bertz CT molecular complexity index is 1380. The minimum absolute atomic E-state index is 0.0528. The molecule has 0 amide bonds. The maximum absolute atomic E-state index is 13.6. The Kier molecular flexibility index (Phi) is 9.57. The normalized spacial score (nSPS) is 12.1. The molecule has 0 aromatic heterocycles. The van der Waals surface area contributed by atoms with Crippen LogP contribution in [-0.2, 0) is 26.6 Å². The molecule has 7 nitrogen and oxygen atoms in total. The molecule has 3 aromatic carbocycles. The first kappa shape index (κ1) is 28.2. The summed E-state index contributed by atoms with van der Waals surface area (Å²) >= 11 is 3.31. The highest BCUT2D eigenvalue weighted by atomic mass is 79.9. The molecule has 3 aromatic rings. The van der Waals surface area contributed by atoms with Crippen molar-refractivity contribution >= 4 is 47.4 Å². The zero-order valence-electron chi connectivity index (χ0n) is 20.5. The second-order valence-electron chi connectivity index (χ2n) is 8.53. The highest BCUT2D eigenvalue weighted by Gasteiger charge is 2.26. The van der Waals surface area contributed by atoms with Gasteiger partial charge in [0.2, 0.25) is 10.0 Å². The van der Waals surface area contributed by atoms with Crippen molar-refractivity contribution in [2.75, 3.05) is 28.9 Å². The van der Waals surface area contributed by atoms with Crippen molar-refractivity contribution in [1.29, 1.82) is 0 Å². The zero-order chi connectivity index (χ0) is 26.3. The van der Waals surface area contributed by atoms with E-state index in [2.05, 4.69) is 15.9 Å². The van der Waals surface area contributed by atoms with Crippen molar-refractivity contribution in [2.45, 2.75) is 38.1 Å². The highest BCUT2D eigenvalue weighted by molar-refractivity contribution is 9.10. The van der Waals surface area contributed by atoms with Gasteiger partial charge in [-0.15, -0.1) is 0 Å². The van der Waals surface area contributed by atoms with E-state index >= 15 is 0 Å². The third kappa shape index (κ3) is 7.09. The molecule has 194 valence electrons. The summed E-state index contributed by atoms with van der Waals surface area (Å²) in [6.07, 6.45) is 0.711. The van der Waals surface area contributed by atoms with Gasteiger partial charge in [-0.25, -0.2) is 16.8 Å². The van der Waals surface area contributed by atoms with Crippen LogP contribution in [0.25, 0.3) is 0 Å². The first-order chi connectivity index (χ1) is 17.0. The number of aryl methyl sites for hydroxylation is 1. The second-order valence-corrected chi connectivity index (χ2v) is 13.3. The third-order valence-corrected chi connectivity index (χ3v) is 10.3. The summed E-state index contributed by atoms with van der Waals surface area (Å²) < 4.78 is 56.5. The lowest BCUT2D eigenvalue weighted by Crippen LogP contribution is -2.34. The summed E-state index contributed by atoms with van der Waals surface area (Å²) in [7, 11) is -7.39. The Hall–Kier alpha value is -2.40. The van der Waals surface area contributed by atoms with Crippen molar-refractivity contribution in [1.82, 2.24) is 4.31 Å². The number of hydrogen-bond acceptors (Lipinski definition) is 5. The zero-order valence-corrected chi connectivity index (χ0v) is 23.7. The van der Waals surface area contributed by atoms with E-state index in [9.17, 15) is 16.8 Å². The van der Waals surface area contributed by atoms with Crippen LogP contribution in [0.2, 0.25) is 0 Å². The average molecular weight is 595 g/mol. The predicted molar refractivity (Wildman–Crippen MR) is 150 cm³/mol. The van der Waals surface area contributed by atoms with E-state index in [4.69, 9.17) is 5.73 Å². The van der Waals surface area contributed by atoms with E-state index in [0.29, 0.717) is 41.8 Å². The van der Waals surface area contributed by atoms with Crippen molar-refractivity contribution in [3.63, 3.8) is 0 Å². The summed E-state index contributed by atoms with van der Waals surface area (Å²) in [5.41, 5.74) is 8.67. The second kappa shape index (κ2) is 12.2. The monoisotopic (exact) mass is 593 g/mol. The Labute approximate surface area is 223 Å². The number of nitrogens with zero attached hydrogens (tertiary/aromatic N) is 2. The number of unbranched alkanes of at least 4 members (excludes halogenated alkanes) is 1. The molecular weight excluding hydrogens is 562 g/mol. The molecule has 0 radical (unpaired) electrons. The van der Waals surface area contributed by atoms with E-state index < -0.39 is 20.0 Å². The molecule has 10 heteroatoms. The van der Waals surface area contributed by atoms with Gasteiger partial charge in [0.05, 0.1) is 16.3 Å². The molecule has 0 heterocycles. The topological polar surface area (TPSA) is 101 Å². The summed E-state index contributed by atoms with van der Waals surface area (Å²) in [6.45, 7) is 4.54. The minimum Gasteiger partial charge on any atom is -0.398 e. The van der Waals surface area contributed by atoms with Crippen LogP contribution in [0.3, 0.4) is 0 Å². The molecule has 0 atom stereocenters. The largest absolute Gasteiger partial charge is 0.398 e. The van der Waals surface area contributed by atoms with Crippen LogP contribution in [0, 0.1) is 6.92 Å². The van der Waals surface area contributed by atoms with Gasteiger partial charge in [0.25, 0.3) is 10.0 Å². The van der Waals surface area contributed by atoms with Crippen LogP contribution in [-0.4, -0.2) is 40.0 Å². The van der Waals surface area contributed by atoms with E-state index in [1.807, 2.05) is 50.2 Å². The van der Waals surface area contributed by atoms with Gasteiger partial charge < -0.3 is 5.73 Å². The molecule has 0 saturated carbocycles. The van der Waals surface area contributed by atoms with Crippen molar-refractivity contribution in [2.24, 2.45) is 0 Å². The fourth-order valence-electron chi connectivity index (χ4n) is 3.83. The molecule has 0 fully saturated rings. The van der Waals surface area contributed by atoms with Gasteiger partial charge in [0, 0.05) is 29.8 Å². The maximum Gasteiger partial charge on any atom is 0.264 e. The van der Waals surface area contributed by atoms with Gasteiger partial charge in [-0.05, 0) is 77.2 Å². The SMILES string of the molecule is CCN(Cc1ccccc1)S(=O)(=O)CCCCN(c1cccc(C)c1)S(=O)(=O)c1ccc(N)c(Br)c1. The molecular formula is C26H32BrN3O4S2. The van der Waals surface area contributed by atoms with Gasteiger partial charge in [-0.1, -0.05) is 49.4 Å². The lowest BCUT2D eigenvalue weighted by Gasteiger charge is -2.25.